The van der Waals surface area contributed by atoms with Gasteiger partial charge in [0.15, 0.2) is 0 Å². The first-order chi connectivity index (χ1) is 3.06. The van der Waals surface area contributed by atoms with Crippen LogP contribution >= 0.6 is 7.82 Å². The van der Waals surface area contributed by atoms with Crippen LogP contribution in [-0.4, -0.2) is 0 Å². The second-order valence-electron chi connectivity index (χ2n) is 0.719. The van der Waals surface area contributed by atoms with E-state index in [4.69, 9.17) is 0 Å². The molecule has 0 heterocycles. The molecular weight excluding hydrogens is 119 g/mol. The van der Waals surface area contributed by atoms with Crippen molar-refractivity contribution in [2.75, 3.05) is 0 Å². The van der Waals surface area contributed by atoms with E-state index >= 15 is 0 Å². The van der Waals surface area contributed by atoms with Crippen LogP contribution in [0.1, 0.15) is 0 Å². The molecule has 0 unspecified atom stereocenters. The highest BCUT2D eigenvalue weighted by Gasteiger charge is 1.78. The molecule has 0 rings (SSSR count). The first kappa shape index (κ1) is 6.69. The van der Waals surface area contributed by atoms with E-state index in [2.05, 4.69) is 11.1 Å². The highest BCUT2D eigenvalue weighted by molar-refractivity contribution is 7.43. The molecule has 0 spiro atoms. The molecule has 7 heavy (non-hydrogen) atoms. The van der Waals surface area contributed by atoms with Crippen LogP contribution in [0.25, 0.3) is 0 Å². The molecule has 42 valence electrons. The van der Waals surface area contributed by atoms with Gasteiger partial charge in [-0.05, 0) is 0 Å². The van der Waals surface area contributed by atoms with Crippen LogP contribution in [0.2, 0.25) is 0 Å². The molecule has 0 aromatic rings. The summed E-state index contributed by atoms with van der Waals surface area (Å²) in [5, 5.41) is 0. The molecule has 0 bridgehead atoms. The molecule has 5 heteroatoms. The van der Waals surface area contributed by atoms with Crippen LogP contribution in [0.15, 0.2) is 12.8 Å². The molecule has 0 saturated heterocycles. The largest absolute Gasteiger partial charge is 0.780 e. The van der Waals surface area contributed by atoms with Gasteiger partial charge in [-0.3, -0.25) is 0 Å². The summed E-state index contributed by atoms with van der Waals surface area (Å²) in [5.41, 5.74) is 0. The normalized spacial score (nSPS) is 10.6. The van der Waals surface area contributed by atoms with Gasteiger partial charge >= 0.3 is 0 Å². The highest BCUT2D eigenvalue weighted by Crippen LogP contribution is 2.23. The topological polar surface area (TPSA) is 72.4 Å². The van der Waals surface area contributed by atoms with E-state index < -0.39 is 7.82 Å². The Bertz CT molecular complexity index is 102. The molecule has 0 saturated carbocycles. The summed E-state index contributed by atoms with van der Waals surface area (Å²) >= 11 is 0. The van der Waals surface area contributed by atoms with Gasteiger partial charge in [0.1, 0.15) is 7.82 Å². The van der Waals surface area contributed by atoms with E-state index in [-0.39, 0.29) is 0 Å². The van der Waals surface area contributed by atoms with E-state index in [1.807, 2.05) is 0 Å². The summed E-state index contributed by atoms with van der Waals surface area (Å²) in [5.74, 6) is 0. The van der Waals surface area contributed by atoms with E-state index in [1.165, 1.54) is 0 Å². The van der Waals surface area contributed by atoms with Crippen molar-refractivity contribution < 1.29 is 18.9 Å². The smallest absolute Gasteiger partial charge is 0.113 e. The van der Waals surface area contributed by atoms with Crippen molar-refractivity contribution >= 4 is 7.82 Å². The maximum absolute atomic E-state index is 9.41. The fourth-order valence-electron chi connectivity index (χ4n) is 0.0913. The Kier molecular flexibility index (Phi) is 2.02. The molecule has 0 aromatic carbocycles. The van der Waals surface area contributed by atoms with Crippen molar-refractivity contribution in [1.29, 1.82) is 0 Å². The lowest BCUT2D eigenvalue weighted by Gasteiger charge is -2.26. The predicted octanol–water partition coefficient (Wildman–Crippen LogP) is -1.02. The molecule has 4 nitrogen and oxygen atoms in total. The van der Waals surface area contributed by atoms with Crippen molar-refractivity contribution in [3.8, 4) is 0 Å². The number of hydrogen-bond donors (Lipinski definition) is 0. The van der Waals surface area contributed by atoms with Gasteiger partial charge in [0.25, 0.3) is 0 Å². The zero-order valence-corrected chi connectivity index (χ0v) is 4.26. The Labute approximate surface area is 40.7 Å². The Hall–Kier alpha value is -0.310. The quantitative estimate of drug-likeness (QED) is 0.347. The Morgan fingerprint density at radius 1 is 1.71 bits per heavy atom. The fraction of sp³-hybridized carbons (Fsp3) is 0. The molecule has 0 radical (unpaired) electrons. The van der Waals surface area contributed by atoms with Crippen molar-refractivity contribution in [3.05, 3.63) is 12.8 Å². The Morgan fingerprint density at radius 2 is 2.14 bits per heavy atom. The summed E-state index contributed by atoms with van der Waals surface area (Å²) in [6.07, 6.45) is 0.570. The second kappa shape index (κ2) is 2.12. The van der Waals surface area contributed by atoms with Gasteiger partial charge < -0.3 is 18.9 Å². The van der Waals surface area contributed by atoms with Crippen LogP contribution in [0.5, 0.6) is 0 Å². The van der Waals surface area contributed by atoms with Crippen LogP contribution in [-0.2, 0) is 9.09 Å². The molecule has 0 amide bonds. The van der Waals surface area contributed by atoms with Gasteiger partial charge in [0.2, 0.25) is 0 Å². The van der Waals surface area contributed by atoms with Gasteiger partial charge in [0.05, 0.1) is 6.26 Å². The zero-order valence-electron chi connectivity index (χ0n) is 3.36. The second-order valence-corrected chi connectivity index (χ2v) is 1.82. The lowest BCUT2D eigenvalue weighted by molar-refractivity contribution is -0.337. The Balaban J connectivity index is 3.57. The summed E-state index contributed by atoms with van der Waals surface area (Å²) in [4.78, 5) is 18.8. The molecule has 0 aliphatic carbocycles. The SMILES string of the molecule is C=COP(=O)([O-])[O-]. The monoisotopic (exact) mass is 122 g/mol. The minimum absolute atomic E-state index is 0.570. The third kappa shape index (κ3) is 5.69. The number of rotatable bonds is 2. The molecule has 0 fully saturated rings. The van der Waals surface area contributed by atoms with Crippen molar-refractivity contribution in [2.45, 2.75) is 0 Å². The predicted molar refractivity (Wildman–Crippen MR) is 18.9 cm³/mol. The van der Waals surface area contributed by atoms with Crippen molar-refractivity contribution in [1.82, 2.24) is 0 Å². The zero-order chi connectivity index (χ0) is 5.91. The standard InChI is InChI=1S/C2H5O4P/c1-2-6-7(3,4)5/h2H,1H2,(H2,3,4,5)/p-2. The van der Waals surface area contributed by atoms with Crippen LogP contribution in [0.4, 0.5) is 0 Å². The van der Waals surface area contributed by atoms with Crippen molar-refractivity contribution in [3.63, 3.8) is 0 Å². The van der Waals surface area contributed by atoms with Crippen LogP contribution < -0.4 is 9.79 Å². The van der Waals surface area contributed by atoms with Gasteiger partial charge in [-0.15, -0.1) is 0 Å². The number of hydrogen-bond acceptors (Lipinski definition) is 4. The average Bonchev–Trinajstić information content (AvgIpc) is 1.30. The number of phosphoric acid groups is 1. The van der Waals surface area contributed by atoms with Gasteiger partial charge in [-0.2, -0.15) is 0 Å². The first-order valence-electron chi connectivity index (χ1n) is 1.37. The van der Waals surface area contributed by atoms with Crippen molar-refractivity contribution in [2.24, 2.45) is 0 Å². The third-order valence-electron chi connectivity index (χ3n) is 0.204. The van der Waals surface area contributed by atoms with Crippen LogP contribution in [0, 0.1) is 0 Å². The fourth-order valence-corrected chi connectivity index (χ4v) is 0.274. The third-order valence-corrected chi connectivity index (χ3v) is 0.611. The van der Waals surface area contributed by atoms with E-state index in [0.717, 1.165) is 0 Å². The van der Waals surface area contributed by atoms with E-state index in [0.29, 0.717) is 6.26 Å². The highest BCUT2D eigenvalue weighted by atomic mass is 31.2. The minimum atomic E-state index is -4.78. The van der Waals surface area contributed by atoms with E-state index in [1.54, 1.807) is 0 Å². The van der Waals surface area contributed by atoms with Gasteiger partial charge in [0, 0.05) is 0 Å². The average molecular weight is 122 g/mol. The molecule has 0 aliphatic heterocycles. The molecular formula is C2H3O4P-2. The molecule has 0 N–H and O–H groups in total. The first-order valence-corrected chi connectivity index (χ1v) is 2.83. The molecule has 0 aliphatic rings. The summed E-state index contributed by atoms with van der Waals surface area (Å²) < 4.78 is 12.8. The lowest BCUT2D eigenvalue weighted by Crippen LogP contribution is -2.13. The molecule has 0 aromatic heterocycles. The Morgan fingerprint density at radius 3 is 2.14 bits per heavy atom. The van der Waals surface area contributed by atoms with Gasteiger partial charge in [-0.25, -0.2) is 0 Å². The minimum Gasteiger partial charge on any atom is -0.780 e. The van der Waals surface area contributed by atoms with E-state index in [9.17, 15) is 14.4 Å². The molecule has 0 atom stereocenters. The maximum Gasteiger partial charge on any atom is 0.113 e. The van der Waals surface area contributed by atoms with Crippen LogP contribution in [0.3, 0.4) is 0 Å². The lowest BCUT2D eigenvalue weighted by atomic mass is 11.2. The number of phosphoric ester groups is 1. The van der Waals surface area contributed by atoms with Gasteiger partial charge in [-0.1, -0.05) is 6.58 Å². The maximum atomic E-state index is 9.41. The summed E-state index contributed by atoms with van der Waals surface area (Å²) in [6, 6.07) is 0. The summed E-state index contributed by atoms with van der Waals surface area (Å²) in [6.45, 7) is 2.85. The summed E-state index contributed by atoms with van der Waals surface area (Å²) in [7, 11) is -4.78.